The van der Waals surface area contributed by atoms with Crippen molar-refractivity contribution >= 4 is 17.6 Å². The largest absolute Gasteiger partial charge is 0.469 e. The van der Waals surface area contributed by atoms with Crippen LogP contribution in [0, 0.1) is 0 Å². The average molecular weight is 233 g/mol. The minimum Gasteiger partial charge on any atom is -0.469 e. The zero-order chi connectivity index (χ0) is 11.4. The molecule has 6 nitrogen and oxygen atoms in total. The molecule has 0 spiro atoms. The summed E-state index contributed by atoms with van der Waals surface area (Å²) >= 11 is 5.52. The molecule has 1 N–H and O–H groups in total. The van der Waals surface area contributed by atoms with E-state index in [1.807, 2.05) is 4.98 Å². The number of hydrogen-bond acceptors (Lipinski definition) is 4. The van der Waals surface area contributed by atoms with Gasteiger partial charge in [-0.25, -0.2) is 4.79 Å². The third kappa shape index (κ3) is 2.95. The number of esters is 1. The lowest BCUT2D eigenvalue weighted by Gasteiger charge is -2.03. The van der Waals surface area contributed by atoms with Crippen molar-refractivity contribution < 1.29 is 9.53 Å². The molecule has 0 radical (unpaired) electrons. The van der Waals surface area contributed by atoms with Crippen molar-refractivity contribution in [2.75, 3.05) is 7.11 Å². The van der Waals surface area contributed by atoms with Crippen LogP contribution in [0.3, 0.4) is 0 Å². The average Bonchev–Trinajstić information content (AvgIpc) is 2.21. The van der Waals surface area contributed by atoms with Gasteiger partial charge in [-0.2, -0.15) is 0 Å². The van der Waals surface area contributed by atoms with Crippen LogP contribution in [-0.2, 0) is 16.1 Å². The monoisotopic (exact) mass is 232 g/mol. The van der Waals surface area contributed by atoms with Gasteiger partial charge in [0.2, 0.25) is 0 Å². The Morgan fingerprint density at radius 1 is 1.60 bits per heavy atom. The van der Waals surface area contributed by atoms with Gasteiger partial charge in [0, 0.05) is 12.7 Å². The van der Waals surface area contributed by atoms with Crippen molar-refractivity contribution in [1.29, 1.82) is 0 Å². The lowest BCUT2D eigenvalue weighted by molar-refractivity contribution is -0.140. The molecule has 0 aliphatic carbocycles. The zero-order valence-electron chi connectivity index (χ0n) is 7.95. The fourth-order valence-corrected chi connectivity index (χ4v) is 1.13. The summed E-state index contributed by atoms with van der Waals surface area (Å²) in [7, 11) is 1.25. The summed E-state index contributed by atoms with van der Waals surface area (Å²) in [5.41, 5.74) is -1.25. The number of nitrogens with zero attached hydrogens (tertiary/aromatic N) is 1. The number of methoxy groups -OCH3 is 1. The summed E-state index contributed by atoms with van der Waals surface area (Å²) in [6.45, 7) is 0.113. The second-order valence-corrected chi connectivity index (χ2v) is 3.16. The molecule has 1 aromatic heterocycles. The van der Waals surface area contributed by atoms with Crippen molar-refractivity contribution in [1.82, 2.24) is 9.55 Å². The highest BCUT2D eigenvalue weighted by molar-refractivity contribution is 6.30. The standard InChI is InChI=1S/C8H9ClN2O4/c1-15-6(12)2-3-11-4-5(9)7(13)10-8(11)14/h4H,2-3H2,1H3,(H,10,13,14). The zero-order valence-corrected chi connectivity index (χ0v) is 8.71. The number of H-pyrrole nitrogens is 1. The number of nitrogens with one attached hydrogen (secondary N) is 1. The Kier molecular flexibility index (Phi) is 3.68. The summed E-state index contributed by atoms with van der Waals surface area (Å²) < 4.78 is 5.55. The molecule has 0 bridgehead atoms. The maximum absolute atomic E-state index is 11.2. The maximum Gasteiger partial charge on any atom is 0.328 e. The van der Waals surface area contributed by atoms with E-state index in [2.05, 4.69) is 4.74 Å². The van der Waals surface area contributed by atoms with E-state index >= 15 is 0 Å². The van der Waals surface area contributed by atoms with Crippen LogP contribution in [0.15, 0.2) is 15.8 Å². The molecule has 0 aliphatic heterocycles. The van der Waals surface area contributed by atoms with E-state index in [-0.39, 0.29) is 18.0 Å². The first-order valence-electron chi connectivity index (χ1n) is 4.10. The molecule has 0 unspecified atom stereocenters. The number of hydrogen-bond donors (Lipinski definition) is 1. The van der Waals surface area contributed by atoms with Crippen molar-refractivity contribution in [2.45, 2.75) is 13.0 Å². The number of ether oxygens (including phenoxy) is 1. The summed E-state index contributed by atoms with van der Waals surface area (Å²) in [4.78, 5) is 34.9. The van der Waals surface area contributed by atoms with Crippen molar-refractivity contribution in [2.24, 2.45) is 0 Å². The van der Waals surface area contributed by atoms with Gasteiger partial charge in [0.1, 0.15) is 5.02 Å². The van der Waals surface area contributed by atoms with Crippen LogP contribution in [0.2, 0.25) is 5.02 Å². The molecular weight excluding hydrogens is 224 g/mol. The number of aromatic nitrogens is 2. The minimum absolute atomic E-state index is 0.0405. The summed E-state index contributed by atoms with van der Waals surface area (Å²) in [5, 5.41) is -0.0977. The first-order valence-corrected chi connectivity index (χ1v) is 4.48. The normalized spacial score (nSPS) is 10.0. The topological polar surface area (TPSA) is 81.2 Å². The molecule has 15 heavy (non-hydrogen) atoms. The third-order valence-electron chi connectivity index (χ3n) is 1.75. The molecule has 7 heteroatoms. The van der Waals surface area contributed by atoms with Crippen LogP contribution >= 0.6 is 11.6 Å². The predicted octanol–water partition coefficient (Wildman–Crippen LogP) is -0.247. The predicted molar refractivity (Wildman–Crippen MR) is 53.0 cm³/mol. The second-order valence-electron chi connectivity index (χ2n) is 2.76. The van der Waals surface area contributed by atoms with Gasteiger partial charge < -0.3 is 4.74 Å². The van der Waals surface area contributed by atoms with Gasteiger partial charge >= 0.3 is 11.7 Å². The lowest BCUT2D eigenvalue weighted by atomic mass is 10.4. The molecular formula is C8H9ClN2O4. The van der Waals surface area contributed by atoms with Gasteiger partial charge in [-0.1, -0.05) is 11.6 Å². The van der Waals surface area contributed by atoms with E-state index in [4.69, 9.17) is 11.6 Å². The first-order chi connectivity index (χ1) is 7.04. The number of aryl methyl sites for hydroxylation is 1. The van der Waals surface area contributed by atoms with E-state index in [0.717, 1.165) is 4.57 Å². The minimum atomic E-state index is -0.643. The van der Waals surface area contributed by atoms with E-state index in [0.29, 0.717) is 0 Å². The van der Waals surface area contributed by atoms with Gasteiger partial charge in [-0.05, 0) is 0 Å². The molecule has 0 amide bonds. The van der Waals surface area contributed by atoms with Crippen LogP contribution in [-0.4, -0.2) is 22.6 Å². The quantitative estimate of drug-likeness (QED) is 0.729. The molecule has 0 aliphatic rings. The smallest absolute Gasteiger partial charge is 0.328 e. The number of halogens is 1. The summed E-state index contributed by atoms with van der Waals surface area (Å²) in [5.74, 6) is -0.441. The second kappa shape index (κ2) is 4.79. The van der Waals surface area contributed by atoms with Gasteiger partial charge in [0.25, 0.3) is 5.56 Å². The Morgan fingerprint density at radius 3 is 2.87 bits per heavy atom. The van der Waals surface area contributed by atoms with Crippen LogP contribution in [0.5, 0.6) is 0 Å². The van der Waals surface area contributed by atoms with Gasteiger partial charge in [0.05, 0.1) is 13.5 Å². The molecule has 0 saturated heterocycles. The molecule has 0 aromatic carbocycles. The van der Waals surface area contributed by atoms with E-state index < -0.39 is 17.2 Å². The number of aromatic amines is 1. The van der Waals surface area contributed by atoms with Crippen LogP contribution in [0.4, 0.5) is 0 Å². The molecule has 1 aromatic rings. The molecule has 1 heterocycles. The van der Waals surface area contributed by atoms with Crippen LogP contribution in [0.1, 0.15) is 6.42 Å². The maximum atomic E-state index is 11.2. The highest BCUT2D eigenvalue weighted by Crippen LogP contribution is 1.97. The van der Waals surface area contributed by atoms with Crippen molar-refractivity contribution in [3.8, 4) is 0 Å². The van der Waals surface area contributed by atoms with E-state index in [1.165, 1.54) is 13.3 Å². The van der Waals surface area contributed by atoms with Crippen LogP contribution < -0.4 is 11.2 Å². The van der Waals surface area contributed by atoms with Crippen LogP contribution in [0.25, 0.3) is 0 Å². The van der Waals surface area contributed by atoms with E-state index in [1.54, 1.807) is 0 Å². The van der Waals surface area contributed by atoms with Crippen molar-refractivity contribution in [3.63, 3.8) is 0 Å². The fourth-order valence-electron chi connectivity index (χ4n) is 0.963. The van der Waals surface area contributed by atoms with Crippen molar-refractivity contribution in [3.05, 3.63) is 32.1 Å². The Bertz CT molecular complexity index is 476. The number of carbonyl (C=O) groups excluding carboxylic acids is 1. The number of rotatable bonds is 3. The Labute approximate surface area is 89.4 Å². The molecule has 0 saturated carbocycles. The molecule has 0 atom stereocenters. The lowest BCUT2D eigenvalue weighted by Crippen LogP contribution is -2.30. The van der Waals surface area contributed by atoms with E-state index in [9.17, 15) is 14.4 Å². The Balaban J connectivity index is 2.87. The van der Waals surface area contributed by atoms with Gasteiger partial charge in [-0.15, -0.1) is 0 Å². The Morgan fingerprint density at radius 2 is 2.27 bits per heavy atom. The fraction of sp³-hybridized carbons (Fsp3) is 0.375. The molecule has 82 valence electrons. The SMILES string of the molecule is COC(=O)CCn1cc(Cl)c(=O)[nH]c1=O. The summed E-state index contributed by atoms with van der Waals surface area (Å²) in [6.07, 6.45) is 1.23. The highest BCUT2D eigenvalue weighted by Gasteiger charge is 2.05. The Hall–Kier alpha value is -1.56. The molecule has 1 rings (SSSR count). The van der Waals surface area contributed by atoms with Gasteiger partial charge in [-0.3, -0.25) is 19.1 Å². The highest BCUT2D eigenvalue weighted by atomic mass is 35.5. The summed E-state index contributed by atoms with van der Waals surface area (Å²) in [6, 6.07) is 0. The molecule has 0 fully saturated rings. The first kappa shape index (κ1) is 11.5. The van der Waals surface area contributed by atoms with Gasteiger partial charge in [0.15, 0.2) is 0 Å². The third-order valence-corrected chi connectivity index (χ3v) is 2.02. The number of carbonyl (C=O) groups is 1.